The van der Waals surface area contributed by atoms with E-state index in [1.165, 1.54) is 11.3 Å². The number of hydrogen-bond donors (Lipinski definition) is 1. The van der Waals surface area contributed by atoms with Gasteiger partial charge in [-0.25, -0.2) is 4.79 Å². The lowest BCUT2D eigenvalue weighted by Gasteiger charge is -2.15. The Balaban J connectivity index is 2.16. The first-order chi connectivity index (χ1) is 11.8. The van der Waals surface area contributed by atoms with Gasteiger partial charge in [0.15, 0.2) is 6.10 Å². The number of carbonyl (C=O) groups is 2. The van der Waals surface area contributed by atoms with Crippen LogP contribution in [0, 0.1) is 13.8 Å². The molecule has 2 rings (SSSR count). The molecule has 0 aliphatic carbocycles. The number of benzene rings is 1. The van der Waals surface area contributed by atoms with Crippen LogP contribution < -0.4 is 10.1 Å². The van der Waals surface area contributed by atoms with E-state index in [2.05, 4.69) is 21.2 Å². The molecular weight excluding hydrogens is 406 g/mol. The van der Waals surface area contributed by atoms with Gasteiger partial charge in [-0.3, -0.25) is 4.79 Å². The van der Waals surface area contributed by atoms with Crippen LogP contribution in [0.3, 0.4) is 0 Å². The molecule has 134 valence electrons. The molecule has 1 atom stereocenters. The third kappa shape index (κ3) is 4.61. The number of nitrogens with one attached hydrogen (secondary N) is 1. The first-order valence-corrected chi connectivity index (χ1v) is 9.45. The van der Waals surface area contributed by atoms with Crippen LogP contribution in [0.1, 0.15) is 34.6 Å². The van der Waals surface area contributed by atoms with E-state index in [0.29, 0.717) is 16.3 Å². The Morgan fingerprint density at radius 3 is 2.60 bits per heavy atom. The van der Waals surface area contributed by atoms with Crippen molar-refractivity contribution in [2.45, 2.75) is 33.8 Å². The average molecular weight is 426 g/mol. The monoisotopic (exact) mass is 425 g/mol. The van der Waals surface area contributed by atoms with Gasteiger partial charge < -0.3 is 14.8 Å². The fraction of sp³-hybridized carbons (Fsp3) is 0.333. The van der Waals surface area contributed by atoms with Crippen molar-refractivity contribution >= 4 is 44.1 Å². The second-order valence-electron chi connectivity index (χ2n) is 5.39. The molecule has 0 aliphatic rings. The van der Waals surface area contributed by atoms with E-state index in [-0.39, 0.29) is 12.5 Å². The van der Waals surface area contributed by atoms with E-state index in [1.54, 1.807) is 19.9 Å². The Labute approximate surface area is 159 Å². The molecule has 7 heteroatoms. The standard InChI is InChI=1S/C18H20BrNO4S/c1-5-23-18(22)15-10(2)12(4)25-17(15)20-16(21)11(3)24-14-9-7-6-8-13(14)19/h6-9,11H,5H2,1-4H3,(H,20,21)/t11-/m1/s1. The van der Waals surface area contributed by atoms with Crippen molar-refractivity contribution in [1.82, 2.24) is 0 Å². The number of esters is 1. The second kappa shape index (κ2) is 8.49. The molecule has 0 aliphatic heterocycles. The number of ether oxygens (including phenoxy) is 2. The Kier molecular flexibility index (Phi) is 6.61. The normalized spacial score (nSPS) is 11.7. The molecule has 0 unspecified atom stereocenters. The third-order valence-corrected chi connectivity index (χ3v) is 5.39. The van der Waals surface area contributed by atoms with Crippen molar-refractivity contribution in [3.63, 3.8) is 0 Å². The number of rotatable bonds is 6. The SMILES string of the molecule is CCOC(=O)c1c(NC(=O)[C@@H](C)Oc2ccccc2Br)sc(C)c1C. The molecule has 0 saturated heterocycles. The zero-order valence-electron chi connectivity index (χ0n) is 14.5. The number of carbonyl (C=O) groups excluding carboxylic acids is 2. The number of para-hydroxylation sites is 1. The summed E-state index contributed by atoms with van der Waals surface area (Å²) in [4.78, 5) is 25.6. The predicted octanol–water partition coefficient (Wildman–Crippen LogP) is 4.71. The van der Waals surface area contributed by atoms with Gasteiger partial charge in [0.25, 0.3) is 5.91 Å². The quantitative estimate of drug-likeness (QED) is 0.680. The highest BCUT2D eigenvalue weighted by atomic mass is 79.9. The summed E-state index contributed by atoms with van der Waals surface area (Å²) in [7, 11) is 0. The van der Waals surface area contributed by atoms with Gasteiger partial charge in [-0.2, -0.15) is 0 Å². The van der Waals surface area contributed by atoms with Crippen molar-refractivity contribution in [3.05, 3.63) is 44.7 Å². The fourth-order valence-corrected chi connectivity index (χ4v) is 3.59. The number of halogens is 1. The van der Waals surface area contributed by atoms with E-state index in [4.69, 9.17) is 9.47 Å². The molecule has 0 bridgehead atoms. The van der Waals surface area contributed by atoms with Crippen LogP contribution in [0.4, 0.5) is 5.00 Å². The van der Waals surface area contributed by atoms with Crippen molar-refractivity contribution in [2.75, 3.05) is 11.9 Å². The number of aryl methyl sites for hydroxylation is 1. The number of thiophene rings is 1. The van der Waals surface area contributed by atoms with Crippen LogP contribution in [-0.2, 0) is 9.53 Å². The first-order valence-electron chi connectivity index (χ1n) is 7.84. The summed E-state index contributed by atoms with van der Waals surface area (Å²) in [6.45, 7) is 7.43. The summed E-state index contributed by atoms with van der Waals surface area (Å²) in [5.74, 6) is -0.184. The van der Waals surface area contributed by atoms with Crippen LogP contribution in [0.5, 0.6) is 5.75 Å². The van der Waals surface area contributed by atoms with Crippen LogP contribution in [0.25, 0.3) is 0 Å². The Morgan fingerprint density at radius 1 is 1.28 bits per heavy atom. The van der Waals surface area contributed by atoms with E-state index in [1.807, 2.05) is 32.0 Å². The summed E-state index contributed by atoms with van der Waals surface area (Å²) in [6, 6.07) is 7.31. The van der Waals surface area contributed by atoms with Crippen LogP contribution in [0.2, 0.25) is 0 Å². The smallest absolute Gasteiger partial charge is 0.341 e. The minimum Gasteiger partial charge on any atom is -0.480 e. The Bertz CT molecular complexity index is 787. The molecular formula is C18H20BrNO4S. The largest absolute Gasteiger partial charge is 0.480 e. The van der Waals surface area contributed by atoms with Gasteiger partial charge in [0, 0.05) is 4.88 Å². The minimum atomic E-state index is -0.726. The van der Waals surface area contributed by atoms with Crippen molar-refractivity contribution < 1.29 is 19.1 Å². The zero-order valence-corrected chi connectivity index (χ0v) is 16.9. The van der Waals surface area contributed by atoms with Gasteiger partial charge in [-0.05, 0) is 61.3 Å². The van der Waals surface area contributed by atoms with Gasteiger partial charge in [-0.15, -0.1) is 11.3 Å². The predicted molar refractivity (Wildman–Crippen MR) is 103 cm³/mol. The zero-order chi connectivity index (χ0) is 18.6. The summed E-state index contributed by atoms with van der Waals surface area (Å²) < 4.78 is 11.6. The van der Waals surface area contributed by atoms with E-state index < -0.39 is 12.1 Å². The minimum absolute atomic E-state index is 0.280. The van der Waals surface area contributed by atoms with E-state index in [9.17, 15) is 9.59 Å². The molecule has 1 amide bonds. The molecule has 1 N–H and O–H groups in total. The lowest BCUT2D eigenvalue weighted by molar-refractivity contribution is -0.122. The second-order valence-corrected chi connectivity index (χ2v) is 7.47. The van der Waals surface area contributed by atoms with Crippen molar-refractivity contribution in [1.29, 1.82) is 0 Å². The molecule has 1 heterocycles. The molecule has 0 fully saturated rings. The highest BCUT2D eigenvalue weighted by Gasteiger charge is 2.24. The topological polar surface area (TPSA) is 64.6 Å². The van der Waals surface area contributed by atoms with Gasteiger partial charge in [-0.1, -0.05) is 12.1 Å². The molecule has 0 saturated carbocycles. The lowest BCUT2D eigenvalue weighted by Crippen LogP contribution is -2.30. The highest BCUT2D eigenvalue weighted by Crippen LogP contribution is 2.33. The molecule has 2 aromatic rings. The van der Waals surface area contributed by atoms with Crippen LogP contribution in [0.15, 0.2) is 28.7 Å². The highest BCUT2D eigenvalue weighted by molar-refractivity contribution is 9.10. The maximum absolute atomic E-state index is 12.5. The fourth-order valence-electron chi connectivity index (χ4n) is 2.16. The van der Waals surface area contributed by atoms with Crippen molar-refractivity contribution in [3.8, 4) is 5.75 Å². The molecule has 0 spiro atoms. The van der Waals surface area contributed by atoms with E-state index >= 15 is 0 Å². The van der Waals surface area contributed by atoms with Gasteiger partial charge >= 0.3 is 5.97 Å². The summed E-state index contributed by atoms with van der Waals surface area (Å²) in [5, 5.41) is 3.28. The number of anilines is 1. The third-order valence-electron chi connectivity index (χ3n) is 3.61. The maximum atomic E-state index is 12.5. The number of hydrogen-bond acceptors (Lipinski definition) is 5. The first kappa shape index (κ1) is 19.5. The van der Waals surface area contributed by atoms with Crippen molar-refractivity contribution in [2.24, 2.45) is 0 Å². The van der Waals surface area contributed by atoms with E-state index in [0.717, 1.165) is 14.9 Å². The van der Waals surface area contributed by atoms with Gasteiger partial charge in [0.1, 0.15) is 10.8 Å². The lowest BCUT2D eigenvalue weighted by atomic mass is 10.1. The molecule has 25 heavy (non-hydrogen) atoms. The molecule has 1 aromatic carbocycles. The summed E-state index contributed by atoms with van der Waals surface area (Å²) in [6.07, 6.45) is -0.726. The summed E-state index contributed by atoms with van der Waals surface area (Å²) in [5.41, 5.74) is 1.23. The molecule has 5 nitrogen and oxygen atoms in total. The van der Waals surface area contributed by atoms with Gasteiger partial charge in [0.2, 0.25) is 0 Å². The van der Waals surface area contributed by atoms with Crippen LogP contribution >= 0.6 is 27.3 Å². The molecule has 1 aromatic heterocycles. The van der Waals surface area contributed by atoms with Gasteiger partial charge in [0.05, 0.1) is 16.6 Å². The average Bonchev–Trinajstić information content (AvgIpc) is 2.84. The van der Waals surface area contributed by atoms with Crippen LogP contribution in [-0.4, -0.2) is 24.6 Å². The summed E-state index contributed by atoms with van der Waals surface area (Å²) >= 11 is 4.74. The Hall–Kier alpha value is -1.86. The Morgan fingerprint density at radius 2 is 1.96 bits per heavy atom. The number of amides is 1. The molecule has 0 radical (unpaired) electrons. The maximum Gasteiger partial charge on any atom is 0.341 e.